The zero-order valence-corrected chi connectivity index (χ0v) is 20.3. The first-order valence-electron chi connectivity index (χ1n) is 10.6. The number of hydrogen-bond acceptors (Lipinski definition) is 4. The summed E-state index contributed by atoms with van der Waals surface area (Å²) in [7, 11) is -3.76. The van der Waals surface area contributed by atoms with Crippen molar-refractivity contribution in [3.8, 4) is 0 Å². The number of nitrogens with zero attached hydrogens (tertiary/aromatic N) is 2. The van der Waals surface area contributed by atoms with Gasteiger partial charge in [-0.25, -0.2) is 8.42 Å². The molecule has 1 N–H and O–H groups in total. The molecule has 1 amide bonds. The molecule has 168 valence electrons. The van der Waals surface area contributed by atoms with Crippen LogP contribution in [0.2, 0.25) is 10.0 Å². The van der Waals surface area contributed by atoms with E-state index in [1.54, 1.807) is 12.1 Å². The second-order valence-corrected chi connectivity index (χ2v) is 11.5. The first-order chi connectivity index (χ1) is 14.0. The summed E-state index contributed by atoms with van der Waals surface area (Å²) >= 11 is 12.2. The molecule has 9 heteroatoms. The minimum Gasteiger partial charge on any atom is -0.323 e. The predicted octanol–water partition coefficient (Wildman–Crippen LogP) is 3.98. The third-order valence-corrected chi connectivity index (χ3v) is 9.29. The zero-order chi connectivity index (χ0) is 22.3. The van der Waals surface area contributed by atoms with Crippen molar-refractivity contribution in [2.75, 3.05) is 19.6 Å². The van der Waals surface area contributed by atoms with Crippen molar-refractivity contribution < 1.29 is 13.2 Å². The number of carbonyl (C=O) groups is 1. The molecule has 0 aromatic heterocycles. The molecule has 2 aliphatic heterocycles. The number of rotatable bonds is 6. The molecule has 2 atom stereocenters. The Hall–Kier alpha value is -0.860. The third-order valence-electron chi connectivity index (χ3n) is 6.41. The molecule has 2 saturated heterocycles. The van der Waals surface area contributed by atoms with Gasteiger partial charge in [-0.3, -0.25) is 10.1 Å². The number of nitrogens with one attached hydrogen (secondary N) is 1. The van der Waals surface area contributed by atoms with E-state index < -0.39 is 15.7 Å². The van der Waals surface area contributed by atoms with Crippen LogP contribution < -0.4 is 5.32 Å². The van der Waals surface area contributed by atoms with Crippen molar-refractivity contribution >= 4 is 39.1 Å². The fourth-order valence-corrected chi connectivity index (χ4v) is 6.48. The van der Waals surface area contributed by atoms with Gasteiger partial charge in [0.15, 0.2) is 0 Å². The minimum absolute atomic E-state index is 0.0274. The van der Waals surface area contributed by atoms with Crippen LogP contribution in [-0.4, -0.2) is 54.9 Å². The Morgan fingerprint density at radius 1 is 1.20 bits per heavy atom. The van der Waals surface area contributed by atoms with Gasteiger partial charge in [-0.05, 0) is 36.8 Å². The monoisotopic (exact) mass is 475 g/mol. The maximum absolute atomic E-state index is 13.2. The summed E-state index contributed by atoms with van der Waals surface area (Å²) in [6, 6.07) is 4.40. The summed E-state index contributed by atoms with van der Waals surface area (Å²) in [6.07, 6.45) is 2.06. The van der Waals surface area contributed by atoms with Crippen molar-refractivity contribution in [2.24, 2.45) is 11.8 Å². The van der Waals surface area contributed by atoms with Gasteiger partial charge in [0.25, 0.3) is 0 Å². The van der Waals surface area contributed by atoms with Crippen LogP contribution in [0.4, 0.5) is 0 Å². The molecule has 0 unspecified atom stereocenters. The van der Waals surface area contributed by atoms with E-state index in [-0.39, 0.29) is 32.8 Å². The van der Waals surface area contributed by atoms with Gasteiger partial charge in [0.2, 0.25) is 15.9 Å². The van der Waals surface area contributed by atoms with Gasteiger partial charge in [0, 0.05) is 19.6 Å². The molecule has 30 heavy (non-hydrogen) atoms. The largest absolute Gasteiger partial charge is 0.323 e. The van der Waals surface area contributed by atoms with E-state index in [1.807, 2.05) is 18.7 Å². The Balaban J connectivity index is 1.84. The van der Waals surface area contributed by atoms with Crippen LogP contribution in [0.15, 0.2) is 23.1 Å². The Kier molecular flexibility index (Phi) is 7.09. The Morgan fingerprint density at radius 2 is 1.83 bits per heavy atom. The smallest absolute Gasteiger partial charge is 0.244 e. The zero-order valence-electron chi connectivity index (χ0n) is 18.0. The van der Waals surface area contributed by atoms with Gasteiger partial charge >= 0.3 is 0 Å². The molecular weight excluding hydrogens is 445 g/mol. The maximum Gasteiger partial charge on any atom is 0.244 e. The van der Waals surface area contributed by atoms with Crippen LogP contribution in [0.25, 0.3) is 0 Å². The molecule has 1 aromatic carbocycles. The van der Waals surface area contributed by atoms with Crippen LogP contribution in [0.5, 0.6) is 0 Å². The molecule has 2 fully saturated rings. The number of carbonyl (C=O) groups excluding carboxylic acids is 1. The second-order valence-electron chi connectivity index (χ2n) is 8.82. The van der Waals surface area contributed by atoms with Gasteiger partial charge < -0.3 is 4.90 Å². The van der Waals surface area contributed by atoms with E-state index in [1.165, 1.54) is 10.4 Å². The topological polar surface area (TPSA) is 69.7 Å². The number of sulfonamides is 1. The SMILES string of the molecule is CC[C@@H](C)CN1C(=O)[C@H](C(C)C)NC12CCN(S(=O)(=O)c1cccc(Cl)c1Cl)CC2. The number of piperidine rings is 1. The average molecular weight is 476 g/mol. The summed E-state index contributed by atoms with van der Waals surface area (Å²) in [5.41, 5.74) is -0.500. The van der Waals surface area contributed by atoms with Gasteiger partial charge in [-0.2, -0.15) is 4.31 Å². The molecule has 3 rings (SSSR count). The predicted molar refractivity (Wildman–Crippen MR) is 120 cm³/mol. The summed E-state index contributed by atoms with van der Waals surface area (Å²) < 4.78 is 27.8. The molecule has 1 aromatic rings. The molecule has 2 heterocycles. The average Bonchev–Trinajstić information content (AvgIpc) is 2.96. The molecule has 0 radical (unpaired) electrons. The highest BCUT2D eigenvalue weighted by atomic mass is 35.5. The van der Waals surface area contributed by atoms with Gasteiger partial charge in [0.1, 0.15) is 4.90 Å². The molecule has 2 aliphatic rings. The quantitative estimate of drug-likeness (QED) is 0.675. The number of hydrogen-bond donors (Lipinski definition) is 1. The maximum atomic E-state index is 13.2. The first kappa shape index (κ1) is 23.8. The molecule has 0 bridgehead atoms. The van der Waals surface area contributed by atoms with Crippen LogP contribution >= 0.6 is 23.2 Å². The standard InChI is InChI=1S/C21H31Cl2N3O3S/c1-5-15(4)13-26-20(27)19(14(2)3)24-21(26)9-11-25(12-10-21)30(28,29)17-8-6-7-16(22)18(17)23/h6-8,14-15,19,24H,5,9-13H2,1-4H3/t15-,19+/m1/s1. The van der Waals surface area contributed by atoms with E-state index in [2.05, 4.69) is 19.2 Å². The van der Waals surface area contributed by atoms with Crippen molar-refractivity contribution in [3.63, 3.8) is 0 Å². The Bertz CT molecular complexity index is 899. The fraction of sp³-hybridized carbons (Fsp3) is 0.667. The van der Waals surface area contributed by atoms with E-state index in [9.17, 15) is 13.2 Å². The lowest BCUT2D eigenvalue weighted by atomic mass is 9.95. The minimum atomic E-state index is -3.76. The number of benzene rings is 1. The van der Waals surface area contributed by atoms with Crippen molar-refractivity contribution in [1.82, 2.24) is 14.5 Å². The second kappa shape index (κ2) is 8.94. The number of halogens is 2. The summed E-state index contributed by atoms with van der Waals surface area (Å²) in [5, 5.41) is 3.84. The lowest BCUT2D eigenvalue weighted by molar-refractivity contribution is -0.134. The highest BCUT2D eigenvalue weighted by molar-refractivity contribution is 7.89. The van der Waals surface area contributed by atoms with E-state index in [4.69, 9.17) is 23.2 Å². The lowest BCUT2D eigenvalue weighted by Crippen LogP contribution is -2.60. The normalized spacial score (nSPS) is 23.5. The third kappa shape index (κ3) is 4.24. The molecule has 0 saturated carbocycles. The van der Waals surface area contributed by atoms with Crippen molar-refractivity contribution in [2.45, 2.75) is 63.6 Å². The fourth-order valence-electron chi connectivity index (χ4n) is 4.30. The molecule has 1 spiro atoms. The highest BCUT2D eigenvalue weighted by Gasteiger charge is 2.53. The molecule has 6 nitrogen and oxygen atoms in total. The molecule has 0 aliphatic carbocycles. The Labute approximate surface area is 189 Å². The van der Waals surface area contributed by atoms with Crippen LogP contribution in [0, 0.1) is 11.8 Å². The van der Waals surface area contributed by atoms with E-state index in [0.29, 0.717) is 38.4 Å². The van der Waals surface area contributed by atoms with E-state index >= 15 is 0 Å². The first-order valence-corrected chi connectivity index (χ1v) is 12.8. The summed E-state index contributed by atoms with van der Waals surface area (Å²) in [4.78, 5) is 15.2. The van der Waals surface area contributed by atoms with Crippen LogP contribution in [0.3, 0.4) is 0 Å². The van der Waals surface area contributed by atoms with Gasteiger partial charge in [-0.15, -0.1) is 0 Å². The van der Waals surface area contributed by atoms with Crippen molar-refractivity contribution in [1.29, 1.82) is 0 Å². The summed E-state index contributed by atoms with van der Waals surface area (Å²) in [6.45, 7) is 9.64. The van der Waals surface area contributed by atoms with Crippen LogP contribution in [0.1, 0.15) is 47.0 Å². The Morgan fingerprint density at radius 3 is 2.40 bits per heavy atom. The van der Waals surface area contributed by atoms with Gasteiger partial charge in [0.05, 0.1) is 21.7 Å². The number of amides is 1. The molecular formula is C21H31Cl2N3O3S. The van der Waals surface area contributed by atoms with Crippen LogP contribution in [-0.2, 0) is 14.8 Å². The lowest BCUT2D eigenvalue weighted by Gasteiger charge is -2.45. The summed E-state index contributed by atoms with van der Waals surface area (Å²) in [5.74, 6) is 0.674. The van der Waals surface area contributed by atoms with Crippen molar-refractivity contribution in [3.05, 3.63) is 28.2 Å². The highest BCUT2D eigenvalue weighted by Crippen LogP contribution is 2.38. The van der Waals surface area contributed by atoms with E-state index in [0.717, 1.165) is 6.42 Å². The van der Waals surface area contributed by atoms with Gasteiger partial charge in [-0.1, -0.05) is 63.4 Å².